The van der Waals surface area contributed by atoms with E-state index in [-0.39, 0.29) is 10.9 Å². The third kappa shape index (κ3) is 3.55. The molecule has 1 atom stereocenters. The summed E-state index contributed by atoms with van der Waals surface area (Å²) >= 11 is 0. The number of benzene rings is 2. The monoisotopic (exact) mass is 382 g/mol. The van der Waals surface area contributed by atoms with Crippen molar-refractivity contribution in [2.45, 2.75) is 44.0 Å². The summed E-state index contributed by atoms with van der Waals surface area (Å²) in [5, 5.41) is 3.89. The molecule has 0 unspecified atom stereocenters. The van der Waals surface area contributed by atoms with E-state index in [2.05, 4.69) is 15.9 Å². The van der Waals surface area contributed by atoms with Gasteiger partial charge in [0.1, 0.15) is 0 Å². The van der Waals surface area contributed by atoms with Gasteiger partial charge in [-0.05, 0) is 55.9 Å². The number of hydrogen-bond acceptors (Lipinski definition) is 4. The molecule has 0 saturated carbocycles. The molecule has 2 aromatic carbocycles. The summed E-state index contributed by atoms with van der Waals surface area (Å²) in [6, 6.07) is 15.0. The van der Waals surface area contributed by atoms with Gasteiger partial charge in [0, 0.05) is 17.7 Å². The molecule has 1 aromatic heterocycles. The minimum atomic E-state index is -3.67. The first-order chi connectivity index (χ1) is 12.9. The average molecular weight is 382 g/mol. The number of aromatic nitrogens is 1. The lowest BCUT2D eigenvalue weighted by Crippen LogP contribution is -2.31. The van der Waals surface area contributed by atoms with Crippen LogP contribution in [0.15, 0.2) is 57.9 Å². The van der Waals surface area contributed by atoms with Gasteiger partial charge in [0.05, 0.1) is 10.6 Å². The molecule has 6 heteroatoms. The number of nitrogens with zero attached hydrogens (tertiary/aromatic N) is 1. The Morgan fingerprint density at radius 3 is 2.70 bits per heavy atom. The molecule has 5 nitrogen and oxygen atoms in total. The van der Waals surface area contributed by atoms with Crippen LogP contribution in [-0.2, 0) is 16.4 Å². The molecule has 140 valence electrons. The molecular formula is C21H22N2O3S. The molecule has 0 aliphatic heterocycles. The summed E-state index contributed by atoms with van der Waals surface area (Å²) in [6.07, 6.45) is 2.77. The maximum Gasteiger partial charge on any atom is 0.241 e. The summed E-state index contributed by atoms with van der Waals surface area (Å²) in [6.45, 7) is 3.64. The van der Waals surface area contributed by atoms with Gasteiger partial charge in [0.15, 0.2) is 5.76 Å². The van der Waals surface area contributed by atoms with Crippen LogP contribution in [0.5, 0.6) is 0 Å². The smallest absolute Gasteiger partial charge is 0.241 e. The van der Waals surface area contributed by atoms with E-state index < -0.39 is 10.0 Å². The van der Waals surface area contributed by atoms with Crippen molar-refractivity contribution in [2.75, 3.05) is 0 Å². The molecule has 0 saturated heterocycles. The molecule has 1 N–H and O–H groups in total. The highest BCUT2D eigenvalue weighted by Gasteiger charge is 2.27. The molecule has 3 aromatic rings. The first-order valence-corrected chi connectivity index (χ1v) is 10.6. The van der Waals surface area contributed by atoms with Crippen molar-refractivity contribution in [3.63, 3.8) is 0 Å². The SMILES string of the molecule is Cc1cc(-c2ccc(C)c(S(=O)(=O)N[C@@H]3CCCc4ccccc43)c2)on1. The lowest BCUT2D eigenvalue weighted by atomic mass is 9.88. The van der Waals surface area contributed by atoms with Crippen LogP contribution in [0.1, 0.15) is 41.3 Å². The number of aryl methyl sites for hydroxylation is 3. The van der Waals surface area contributed by atoms with Crippen LogP contribution in [0.25, 0.3) is 11.3 Å². The molecule has 1 heterocycles. The van der Waals surface area contributed by atoms with Crippen LogP contribution in [-0.4, -0.2) is 13.6 Å². The normalized spacial score (nSPS) is 16.9. The van der Waals surface area contributed by atoms with Crippen molar-refractivity contribution >= 4 is 10.0 Å². The number of nitrogens with one attached hydrogen (secondary N) is 1. The number of hydrogen-bond donors (Lipinski definition) is 1. The Morgan fingerprint density at radius 2 is 1.93 bits per heavy atom. The summed E-state index contributed by atoms with van der Waals surface area (Å²) < 4.78 is 34.5. The molecule has 1 aliphatic rings. The highest BCUT2D eigenvalue weighted by molar-refractivity contribution is 7.89. The fourth-order valence-corrected chi connectivity index (χ4v) is 5.19. The van der Waals surface area contributed by atoms with E-state index in [4.69, 9.17) is 4.52 Å². The van der Waals surface area contributed by atoms with Crippen LogP contribution in [0.3, 0.4) is 0 Å². The highest BCUT2D eigenvalue weighted by Crippen LogP contribution is 2.32. The molecule has 0 spiro atoms. The summed E-state index contributed by atoms with van der Waals surface area (Å²) in [4.78, 5) is 0.275. The predicted octanol–water partition coefficient (Wildman–Crippen LogP) is 4.31. The van der Waals surface area contributed by atoms with E-state index in [1.54, 1.807) is 25.1 Å². The Labute approximate surface area is 159 Å². The Kier molecular flexibility index (Phi) is 4.61. The van der Waals surface area contributed by atoms with Crippen molar-refractivity contribution in [1.82, 2.24) is 9.88 Å². The Hall–Kier alpha value is -2.44. The standard InChI is InChI=1S/C21H22N2O3S/c1-14-10-11-17(20-12-15(2)22-26-20)13-21(14)27(24,25)23-19-9-5-7-16-6-3-4-8-18(16)19/h3-4,6,8,10-13,19,23H,5,7,9H2,1-2H3/t19-/m1/s1. The molecule has 4 rings (SSSR count). The van der Waals surface area contributed by atoms with Crippen molar-refractivity contribution in [3.05, 3.63) is 70.9 Å². The van der Waals surface area contributed by atoms with Crippen LogP contribution in [0.4, 0.5) is 0 Å². The molecule has 27 heavy (non-hydrogen) atoms. The Morgan fingerprint density at radius 1 is 1.11 bits per heavy atom. The van der Waals surface area contributed by atoms with Crippen molar-refractivity contribution < 1.29 is 12.9 Å². The summed E-state index contributed by atoms with van der Waals surface area (Å²) in [5.41, 5.74) is 4.45. The number of rotatable bonds is 4. The maximum atomic E-state index is 13.2. The topological polar surface area (TPSA) is 72.2 Å². The lowest BCUT2D eigenvalue weighted by Gasteiger charge is -2.26. The van der Waals surface area contributed by atoms with E-state index in [0.717, 1.165) is 30.5 Å². The fraction of sp³-hybridized carbons (Fsp3) is 0.286. The molecule has 0 fully saturated rings. The van der Waals surface area contributed by atoms with Gasteiger partial charge < -0.3 is 4.52 Å². The predicted molar refractivity (Wildman–Crippen MR) is 104 cm³/mol. The molecular weight excluding hydrogens is 360 g/mol. The summed E-state index contributed by atoms with van der Waals surface area (Å²) in [7, 11) is -3.67. The van der Waals surface area contributed by atoms with Gasteiger partial charge in [-0.15, -0.1) is 0 Å². The minimum Gasteiger partial charge on any atom is -0.356 e. The number of sulfonamides is 1. The quantitative estimate of drug-likeness (QED) is 0.730. The zero-order chi connectivity index (χ0) is 19.0. The van der Waals surface area contributed by atoms with E-state index in [0.29, 0.717) is 16.9 Å². The van der Waals surface area contributed by atoms with Gasteiger partial charge in [-0.2, -0.15) is 0 Å². The van der Waals surface area contributed by atoms with Gasteiger partial charge in [0.25, 0.3) is 0 Å². The third-order valence-electron chi connectivity index (χ3n) is 5.06. The van der Waals surface area contributed by atoms with E-state index in [1.807, 2.05) is 31.2 Å². The number of fused-ring (bicyclic) bond motifs is 1. The second kappa shape index (κ2) is 6.94. The molecule has 0 amide bonds. The van der Waals surface area contributed by atoms with Crippen LogP contribution < -0.4 is 4.72 Å². The second-order valence-corrected chi connectivity index (χ2v) is 8.76. The maximum absolute atomic E-state index is 13.2. The van der Waals surface area contributed by atoms with Crippen molar-refractivity contribution in [1.29, 1.82) is 0 Å². The largest absolute Gasteiger partial charge is 0.356 e. The first-order valence-electron chi connectivity index (χ1n) is 9.08. The van der Waals surface area contributed by atoms with Crippen LogP contribution >= 0.6 is 0 Å². The summed E-state index contributed by atoms with van der Waals surface area (Å²) in [5.74, 6) is 0.562. The highest BCUT2D eigenvalue weighted by atomic mass is 32.2. The van der Waals surface area contributed by atoms with Gasteiger partial charge in [-0.1, -0.05) is 41.6 Å². The van der Waals surface area contributed by atoms with Crippen LogP contribution in [0.2, 0.25) is 0 Å². The third-order valence-corrected chi connectivity index (χ3v) is 6.67. The van der Waals surface area contributed by atoms with Gasteiger partial charge in [-0.3, -0.25) is 0 Å². The first kappa shape index (κ1) is 17.9. The van der Waals surface area contributed by atoms with Crippen molar-refractivity contribution in [3.8, 4) is 11.3 Å². The van der Waals surface area contributed by atoms with E-state index >= 15 is 0 Å². The Balaban J connectivity index is 1.69. The van der Waals surface area contributed by atoms with Gasteiger partial charge >= 0.3 is 0 Å². The lowest BCUT2D eigenvalue weighted by molar-refractivity contribution is 0.427. The molecule has 1 aliphatic carbocycles. The minimum absolute atomic E-state index is 0.199. The Bertz CT molecular complexity index is 1090. The van der Waals surface area contributed by atoms with Gasteiger partial charge in [-0.25, -0.2) is 13.1 Å². The van der Waals surface area contributed by atoms with E-state index in [1.165, 1.54) is 5.56 Å². The van der Waals surface area contributed by atoms with Gasteiger partial charge in [0.2, 0.25) is 10.0 Å². The fourth-order valence-electron chi connectivity index (χ4n) is 3.67. The average Bonchev–Trinajstić information content (AvgIpc) is 3.08. The van der Waals surface area contributed by atoms with E-state index in [9.17, 15) is 8.42 Å². The van der Waals surface area contributed by atoms with Crippen LogP contribution in [0, 0.1) is 13.8 Å². The second-order valence-electron chi connectivity index (χ2n) is 7.08. The zero-order valence-corrected chi connectivity index (χ0v) is 16.2. The zero-order valence-electron chi connectivity index (χ0n) is 15.4. The van der Waals surface area contributed by atoms with Crippen molar-refractivity contribution in [2.24, 2.45) is 0 Å². The molecule has 0 radical (unpaired) electrons. The molecule has 0 bridgehead atoms.